The van der Waals surface area contributed by atoms with Crippen LogP contribution in [0.5, 0.6) is 11.5 Å². The van der Waals surface area contributed by atoms with Gasteiger partial charge in [-0.15, -0.1) is 0 Å². The van der Waals surface area contributed by atoms with Gasteiger partial charge in [-0.25, -0.2) is 0 Å². The number of fused-ring (bicyclic) bond motifs is 1. The Bertz CT molecular complexity index is 667. The predicted molar refractivity (Wildman–Crippen MR) is 84.6 cm³/mol. The van der Waals surface area contributed by atoms with Crippen molar-refractivity contribution in [3.8, 4) is 11.5 Å². The zero-order valence-electron chi connectivity index (χ0n) is 12.3. The molecule has 0 radical (unpaired) electrons. The molecular weight excluding hydrogens is 266 g/mol. The topological polar surface area (TPSA) is 67.8 Å². The fourth-order valence-electron chi connectivity index (χ4n) is 2.56. The molecule has 110 valence electrons. The van der Waals surface area contributed by atoms with Crippen LogP contribution in [0.1, 0.15) is 26.3 Å². The average Bonchev–Trinajstić information content (AvgIpc) is 2.80. The van der Waals surface area contributed by atoms with E-state index in [0.29, 0.717) is 11.3 Å². The van der Waals surface area contributed by atoms with E-state index in [2.05, 4.69) is 10.9 Å². The minimum atomic E-state index is -0.364. The van der Waals surface area contributed by atoms with Crippen LogP contribution >= 0.6 is 0 Å². The summed E-state index contributed by atoms with van der Waals surface area (Å²) < 4.78 is 0. The van der Waals surface area contributed by atoms with E-state index in [0.717, 1.165) is 11.4 Å². The van der Waals surface area contributed by atoms with Crippen LogP contribution in [0, 0.1) is 0 Å². The highest BCUT2D eigenvalue weighted by Gasteiger charge is 2.28. The lowest BCUT2D eigenvalue weighted by molar-refractivity contribution is 0.411. The van der Waals surface area contributed by atoms with Crippen LogP contribution in [-0.2, 0) is 5.41 Å². The van der Waals surface area contributed by atoms with Crippen molar-refractivity contribution in [1.82, 2.24) is 0 Å². The summed E-state index contributed by atoms with van der Waals surface area (Å²) in [7, 11) is 0. The van der Waals surface area contributed by atoms with Crippen molar-refractivity contribution in [1.29, 1.82) is 0 Å². The number of para-hydroxylation sites is 2. The molecule has 0 aliphatic carbocycles. The molecule has 0 saturated carbocycles. The number of nitrogens with one attached hydrogen (secondary N) is 2. The first-order valence-electron chi connectivity index (χ1n) is 6.86. The van der Waals surface area contributed by atoms with Gasteiger partial charge in [-0.3, -0.25) is 10.9 Å². The van der Waals surface area contributed by atoms with Crippen LogP contribution in [0.4, 0.5) is 17.1 Å². The SMILES string of the molecule is CC(C)(C)c1c(O)ccc(N2Nc3ccccc3N2)c1O. The van der Waals surface area contributed by atoms with Gasteiger partial charge < -0.3 is 10.2 Å². The maximum atomic E-state index is 10.6. The lowest BCUT2D eigenvalue weighted by atomic mass is 9.85. The summed E-state index contributed by atoms with van der Waals surface area (Å²) in [5.41, 5.74) is 8.93. The Labute approximate surface area is 123 Å². The van der Waals surface area contributed by atoms with Crippen molar-refractivity contribution in [2.45, 2.75) is 26.2 Å². The van der Waals surface area contributed by atoms with Gasteiger partial charge in [-0.05, 0) is 29.7 Å². The third-order valence-electron chi connectivity index (χ3n) is 3.52. The molecule has 0 unspecified atom stereocenters. The molecule has 2 aromatic rings. The third-order valence-corrected chi connectivity index (χ3v) is 3.52. The van der Waals surface area contributed by atoms with Crippen LogP contribution in [0.15, 0.2) is 36.4 Å². The Hall–Kier alpha value is -2.56. The summed E-state index contributed by atoms with van der Waals surface area (Å²) in [6.07, 6.45) is 0. The summed E-state index contributed by atoms with van der Waals surface area (Å²) >= 11 is 0. The zero-order chi connectivity index (χ0) is 15.2. The summed E-state index contributed by atoms with van der Waals surface area (Å²) in [6, 6.07) is 11.0. The predicted octanol–water partition coefficient (Wildman–Crippen LogP) is 3.57. The molecule has 1 heterocycles. The quantitative estimate of drug-likeness (QED) is 0.645. The molecule has 0 bridgehead atoms. The first-order valence-corrected chi connectivity index (χ1v) is 6.86. The number of benzene rings is 2. The molecule has 1 aliphatic heterocycles. The zero-order valence-corrected chi connectivity index (χ0v) is 12.3. The molecule has 0 aromatic heterocycles. The van der Waals surface area contributed by atoms with Gasteiger partial charge in [0.15, 0.2) is 0 Å². The highest BCUT2D eigenvalue weighted by molar-refractivity contribution is 5.81. The summed E-state index contributed by atoms with van der Waals surface area (Å²) in [5.74, 6) is 0.163. The van der Waals surface area contributed by atoms with Crippen molar-refractivity contribution in [2.24, 2.45) is 0 Å². The largest absolute Gasteiger partial charge is 0.508 e. The van der Waals surface area contributed by atoms with E-state index >= 15 is 0 Å². The molecule has 0 amide bonds. The van der Waals surface area contributed by atoms with E-state index in [-0.39, 0.29) is 16.9 Å². The highest BCUT2D eigenvalue weighted by Crippen LogP contribution is 2.44. The second-order valence-electron chi connectivity index (χ2n) is 6.18. The van der Waals surface area contributed by atoms with E-state index in [9.17, 15) is 10.2 Å². The smallest absolute Gasteiger partial charge is 0.150 e. The molecule has 0 saturated heterocycles. The van der Waals surface area contributed by atoms with Gasteiger partial charge in [-0.1, -0.05) is 32.9 Å². The number of hydrogen-bond donors (Lipinski definition) is 4. The molecular formula is C16H19N3O2. The Balaban J connectivity index is 2.02. The van der Waals surface area contributed by atoms with E-state index in [1.165, 1.54) is 0 Å². The first kappa shape index (κ1) is 13.4. The minimum absolute atomic E-state index is 0.0651. The summed E-state index contributed by atoms with van der Waals surface area (Å²) in [4.78, 5) is 0. The first-order chi connectivity index (χ1) is 9.88. The Morgan fingerprint density at radius 2 is 1.48 bits per heavy atom. The molecule has 21 heavy (non-hydrogen) atoms. The van der Waals surface area contributed by atoms with Crippen molar-refractivity contribution >= 4 is 17.1 Å². The van der Waals surface area contributed by atoms with Crippen molar-refractivity contribution in [3.63, 3.8) is 0 Å². The Morgan fingerprint density at radius 1 is 0.905 bits per heavy atom. The number of aromatic hydroxyl groups is 2. The standard InChI is InChI=1S/C16H19N3O2/c1-16(2,3)14-13(20)9-8-12(15(14)21)19-17-10-6-4-5-7-11(10)18-19/h4-9,17-18,20-21H,1-3H3. The van der Waals surface area contributed by atoms with E-state index in [1.54, 1.807) is 17.3 Å². The van der Waals surface area contributed by atoms with Gasteiger partial charge in [0.1, 0.15) is 17.2 Å². The van der Waals surface area contributed by atoms with Gasteiger partial charge >= 0.3 is 0 Å². The maximum absolute atomic E-state index is 10.6. The number of hydrazine groups is 2. The van der Waals surface area contributed by atoms with Gasteiger partial charge in [0.25, 0.3) is 0 Å². The normalized spacial score (nSPS) is 13.6. The van der Waals surface area contributed by atoms with Crippen molar-refractivity contribution in [3.05, 3.63) is 42.0 Å². The number of rotatable bonds is 1. The van der Waals surface area contributed by atoms with Crippen LogP contribution in [-0.4, -0.2) is 10.2 Å². The van der Waals surface area contributed by atoms with Crippen LogP contribution in [0.25, 0.3) is 0 Å². The molecule has 4 N–H and O–H groups in total. The van der Waals surface area contributed by atoms with Crippen LogP contribution in [0.2, 0.25) is 0 Å². The molecule has 0 spiro atoms. The van der Waals surface area contributed by atoms with E-state index in [1.807, 2.05) is 45.0 Å². The third kappa shape index (κ3) is 2.20. The molecule has 2 aromatic carbocycles. The van der Waals surface area contributed by atoms with E-state index < -0.39 is 0 Å². The number of phenols is 2. The lowest BCUT2D eigenvalue weighted by Gasteiger charge is -2.26. The van der Waals surface area contributed by atoms with Crippen molar-refractivity contribution < 1.29 is 10.2 Å². The average molecular weight is 285 g/mol. The molecule has 1 aliphatic rings. The number of phenolic OH excluding ortho intramolecular Hbond substituents is 2. The fourth-order valence-corrected chi connectivity index (χ4v) is 2.56. The minimum Gasteiger partial charge on any atom is -0.508 e. The summed E-state index contributed by atoms with van der Waals surface area (Å²) in [5, 5.41) is 22.3. The monoisotopic (exact) mass is 285 g/mol. The van der Waals surface area contributed by atoms with Crippen LogP contribution < -0.4 is 16.0 Å². The van der Waals surface area contributed by atoms with Gasteiger partial charge in [0.2, 0.25) is 0 Å². The maximum Gasteiger partial charge on any atom is 0.150 e. The summed E-state index contributed by atoms with van der Waals surface area (Å²) in [6.45, 7) is 5.85. The second-order valence-corrected chi connectivity index (χ2v) is 6.18. The molecule has 0 fully saturated rings. The Morgan fingerprint density at radius 3 is 2.00 bits per heavy atom. The van der Waals surface area contributed by atoms with Gasteiger partial charge in [0.05, 0.1) is 11.4 Å². The Kier molecular flexibility index (Phi) is 2.86. The lowest BCUT2D eigenvalue weighted by Crippen LogP contribution is -2.30. The molecule has 3 rings (SSSR count). The second kappa shape index (κ2) is 4.48. The fraction of sp³-hybridized carbons (Fsp3) is 0.250. The van der Waals surface area contributed by atoms with E-state index in [4.69, 9.17) is 0 Å². The molecule has 5 nitrogen and oxygen atoms in total. The number of anilines is 3. The highest BCUT2D eigenvalue weighted by atomic mass is 16.3. The van der Waals surface area contributed by atoms with Gasteiger partial charge in [0, 0.05) is 5.56 Å². The van der Waals surface area contributed by atoms with Gasteiger partial charge in [-0.2, -0.15) is 5.12 Å². The van der Waals surface area contributed by atoms with Crippen molar-refractivity contribution in [2.75, 3.05) is 16.0 Å². The number of hydrogen-bond acceptors (Lipinski definition) is 5. The van der Waals surface area contributed by atoms with Crippen LogP contribution in [0.3, 0.4) is 0 Å². The molecule has 0 atom stereocenters. The molecule has 5 heteroatoms. The number of nitrogens with zero attached hydrogens (tertiary/aromatic N) is 1.